The highest BCUT2D eigenvalue weighted by molar-refractivity contribution is 7.99. The van der Waals surface area contributed by atoms with Crippen LogP contribution < -0.4 is 0 Å². The molecule has 0 aliphatic carbocycles. The van der Waals surface area contributed by atoms with Gasteiger partial charge in [0.25, 0.3) is 5.91 Å². The van der Waals surface area contributed by atoms with Gasteiger partial charge in [0.15, 0.2) is 0 Å². The molecule has 130 valence electrons. The van der Waals surface area contributed by atoms with E-state index in [-0.39, 0.29) is 17.1 Å². The van der Waals surface area contributed by atoms with Crippen molar-refractivity contribution in [3.05, 3.63) is 95.8 Å². The Bertz CT molecular complexity index is 894. The Hall–Kier alpha value is -2.59. The van der Waals surface area contributed by atoms with E-state index in [4.69, 9.17) is 0 Å². The first-order valence-corrected chi connectivity index (χ1v) is 9.61. The highest BCUT2D eigenvalue weighted by atomic mass is 32.2. The van der Waals surface area contributed by atoms with Crippen LogP contribution in [0.1, 0.15) is 21.3 Å². The van der Waals surface area contributed by atoms with Crippen molar-refractivity contribution < 1.29 is 9.18 Å². The van der Waals surface area contributed by atoms with Gasteiger partial charge in [0.05, 0.1) is 0 Å². The predicted octanol–water partition coefficient (Wildman–Crippen LogP) is 5.38. The van der Waals surface area contributed by atoms with Crippen molar-refractivity contribution in [2.45, 2.75) is 5.37 Å². The minimum absolute atomic E-state index is 0.0175. The highest BCUT2D eigenvalue weighted by Gasteiger charge is 2.31. The van der Waals surface area contributed by atoms with Crippen molar-refractivity contribution in [2.24, 2.45) is 0 Å². The number of carbonyl (C=O) groups is 1. The number of hydrogen-bond donors (Lipinski definition) is 0. The van der Waals surface area contributed by atoms with Crippen molar-refractivity contribution in [2.75, 3.05) is 12.3 Å². The molecule has 3 aromatic carbocycles. The van der Waals surface area contributed by atoms with Gasteiger partial charge in [-0.2, -0.15) is 0 Å². The van der Waals surface area contributed by atoms with Crippen molar-refractivity contribution >= 4 is 17.7 Å². The van der Waals surface area contributed by atoms with Gasteiger partial charge in [-0.15, -0.1) is 11.8 Å². The number of rotatable bonds is 3. The molecule has 1 unspecified atom stereocenters. The molecule has 0 aromatic heterocycles. The molecule has 1 saturated heterocycles. The Balaban J connectivity index is 1.55. The van der Waals surface area contributed by atoms with Gasteiger partial charge >= 0.3 is 0 Å². The summed E-state index contributed by atoms with van der Waals surface area (Å²) in [6.45, 7) is 0.700. The van der Waals surface area contributed by atoms with Crippen molar-refractivity contribution in [3.63, 3.8) is 0 Å². The SMILES string of the molecule is O=C(c1ccc(-c2ccccc2)cc1)N1CCSC1c1ccc(F)cc1. The normalized spacial score (nSPS) is 16.7. The van der Waals surface area contributed by atoms with Crippen LogP contribution in [0.3, 0.4) is 0 Å². The molecule has 1 aliphatic heterocycles. The molecule has 26 heavy (non-hydrogen) atoms. The Morgan fingerprint density at radius 3 is 2.23 bits per heavy atom. The third kappa shape index (κ3) is 3.37. The molecule has 0 spiro atoms. The van der Waals surface area contributed by atoms with Gasteiger partial charge in [-0.3, -0.25) is 4.79 Å². The van der Waals surface area contributed by atoms with E-state index in [0.717, 1.165) is 22.4 Å². The third-order valence-corrected chi connectivity index (χ3v) is 5.81. The van der Waals surface area contributed by atoms with Gasteiger partial charge in [-0.05, 0) is 41.0 Å². The van der Waals surface area contributed by atoms with E-state index < -0.39 is 0 Å². The molecule has 1 fully saturated rings. The number of halogens is 1. The van der Waals surface area contributed by atoms with E-state index in [1.54, 1.807) is 23.9 Å². The second kappa shape index (κ2) is 7.34. The Morgan fingerprint density at radius 2 is 1.54 bits per heavy atom. The fourth-order valence-corrected chi connectivity index (χ4v) is 4.44. The van der Waals surface area contributed by atoms with Crippen LogP contribution in [-0.2, 0) is 0 Å². The maximum atomic E-state index is 13.2. The molecule has 0 radical (unpaired) electrons. The lowest BCUT2D eigenvalue weighted by atomic mass is 10.0. The molecule has 2 nitrogen and oxygen atoms in total. The van der Waals surface area contributed by atoms with E-state index in [0.29, 0.717) is 12.1 Å². The Kier molecular flexibility index (Phi) is 4.76. The van der Waals surface area contributed by atoms with Gasteiger partial charge in [-0.25, -0.2) is 4.39 Å². The summed E-state index contributed by atoms with van der Waals surface area (Å²) in [5.74, 6) is 0.644. The molecule has 1 aliphatic rings. The minimum Gasteiger partial charge on any atom is -0.322 e. The second-order valence-corrected chi connectivity index (χ2v) is 7.40. The number of carbonyl (C=O) groups excluding carboxylic acids is 1. The van der Waals surface area contributed by atoms with Gasteiger partial charge in [-0.1, -0.05) is 54.6 Å². The molecule has 3 aromatic rings. The molecule has 1 amide bonds. The number of nitrogens with zero attached hydrogens (tertiary/aromatic N) is 1. The quantitative estimate of drug-likeness (QED) is 0.623. The molecule has 4 heteroatoms. The van der Waals surface area contributed by atoms with Crippen LogP contribution in [0.5, 0.6) is 0 Å². The van der Waals surface area contributed by atoms with Gasteiger partial charge in [0.1, 0.15) is 11.2 Å². The largest absolute Gasteiger partial charge is 0.322 e. The summed E-state index contributed by atoms with van der Waals surface area (Å²) in [6, 6.07) is 24.3. The molecule has 0 saturated carbocycles. The van der Waals surface area contributed by atoms with Crippen LogP contribution in [0.4, 0.5) is 4.39 Å². The third-order valence-electron chi connectivity index (χ3n) is 4.55. The summed E-state index contributed by atoms with van der Waals surface area (Å²) in [4.78, 5) is 14.9. The Morgan fingerprint density at radius 1 is 0.885 bits per heavy atom. The summed E-state index contributed by atoms with van der Waals surface area (Å²) in [7, 11) is 0. The Labute approximate surface area is 156 Å². The summed E-state index contributed by atoms with van der Waals surface area (Å²) in [6.07, 6.45) is 0. The lowest BCUT2D eigenvalue weighted by Gasteiger charge is -2.24. The fraction of sp³-hybridized carbons (Fsp3) is 0.136. The minimum atomic E-state index is -0.258. The molecule has 0 bridgehead atoms. The lowest BCUT2D eigenvalue weighted by Crippen LogP contribution is -2.30. The first-order chi connectivity index (χ1) is 12.7. The average molecular weight is 363 g/mol. The smallest absolute Gasteiger partial charge is 0.255 e. The molecular weight excluding hydrogens is 345 g/mol. The van der Waals surface area contributed by atoms with Crippen LogP contribution in [-0.4, -0.2) is 23.1 Å². The highest BCUT2D eigenvalue weighted by Crippen LogP contribution is 2.38. The van der Waals surface area contributed by atoms with Crippen LogP contribution in [0.25, 0.3) is 11.1 Å². The number of hydrogen-bond acceptors (Lipinski definition) is 2. The van der Waals surface area contributed by atoms with Crippen LogP contribution in [0, 0.1) is 5.82 Å². The number of benzene rings is 3. The van der Waals surface area contributed by atoms with Crippen LogP contribution in [0.15, 0.2) is 78.9 Å². The van der Waals surface area contributed by atoms with Crippen molar-refractivity contribution in [1.29, 1.82) is 0 Å². The zero-order chi connectivity index (χ0) is 17.9. The van der Waals surface area contributed by atoms with Gasteiger partial charge in [0.2, 0.25) is 0 Å². The van der Waals surface area contributed by atoms with E-state index in [9.17, 15) is 9.18 Å². The van der Waals surface area contributed by atoms with Crippen LogP contribution >= 0.6 is 11.8 Å². The maximum Gasteiger partial charge on any atom is 0.255 e. The predicted molar refractivity (Wildman–Crippen MR) is 105 cm³/mol. The molecule has 0 N–H and O–H groups in total. The molecular formula is C22H18FNOS. The summed E-state index contributed by atoms with van der Waals surface area (Å²) >= 11 is 1.72. The number of thioether (sulfide) groups is 1. The van der Waals surface area contributed by atoms with E-state index in [1.807, 2.05) is 47.4 Å². The zero-order valence-corrected chi connectivity index (χ0v) is 15.0. The van der Waals surface area contributed by atoms with Crippen molar-refractivity contribution in [3.8, 4) is 11.1 Å². The zero-order valence-electron chi connectivity index (χ0n) is 14.1. The number of amides is 1. The van der Waals surface area contributed by atoms with Crippen molar-refractivity contribution in [1.82, 2.24) is 4.90 Å². The average Bonchev–Trinajstić information content (AvgIpc) is 3.19. The molecule has 1 atom stereocenters. The van der Waals surface area contributed by atoms with E-state index >= 15 is 0 Å². The monoisotopic (exact) mass is 363 g/mol. The topological polar surface area (TPSA) is 20.3 Å². The molecule has 4 rings (SSSR count). The second-order valence-electron chi connectivity index (χ2n) is 6.22. The first kappa shape index (κ1) is 16.9. The van der Waals surface area contributed by atoms with Gasteiger partial charge in [0, 0.05) is 17.9 Å². The first-order valence-electron chi connectivity index (χ1n) is 8.56. The van der Waals surface area contributed by atoms with Gasteiger partial charge < -0.3 is 4.90 Å². The molecule has 1 heterocycles. The maximum absolute atomic E-state index is 13.2. The lowest BCUT2D eigenvalue weighted by molar-refractivity contribution is 0.0760. The van der Waals surface area contributed by atoms with E-state index in [1.165, 1.54) is 12.1 Å². The standard InChI is InChI=1S/C22H18FNOS/c23-20-12-10-19(11-13-20)22-24(14-15-26-22)21(25)18-8-6-17(7-9-18)16-4-2-1-3-5-16/h1-13,22H,14-15H2. The summed E-state index contributed by atoms with van der Waals surface area (Å²) in [5, 5.41) is -0.0584. The summed E-state index contributed by atoms with van der Waals surface area (Å²) < 4.78 is 13.2. The summed E-state index contributed by atoms with van der Waals surface area (Å²) in [5.41, 5.74) is 3.86. The fourth-order valence-electron chi connectivity index (χ4n) is 3.18. The van der Waals surface area contributed by atoms with E-state index in [2.05, 4.69) is 12.1 Å². The van der Waals surface area contributed by atoms with Crippen LogP contribution in [0.2, 0.25) is 0 Å².